The van der Waals surface area contributed by atoms with Crippen LogP contribution in [0.15, 0.2) is 53.6 Å². The maximum absolute atomic E-state index is 13.0. The van der Waals surface area contributed by atoms with Gasteiger partial charge in [-0.05, 0) is 48.9 Å². The quantitative estimate of drug-likeness (QED) is 0.492. The summed E-state index contributed by atoms with van der Waals surface area (Å²) in [5.74, 6) is -1.28. The van der Waals surface area contributed by atoms with Gasteiger partial charge >= 0.3 is 5.97 Å². The lowest BCUT2D eigenvalue weighted by Gasteiger charge is -2.03. The highest BCUT2D eigenvalue weighted by atomic mass is 35.5. The summed E-state index contributed by atoms with van der Waals surface area (Å²) in [5.41, 5.74) is 5.90. The van der Waals surface area contributed by atoms with Crippen molar-refractivity contribution in [2.45, 2.75) is 13.5 Å². The molecule has 0 saturated carbocycles. The van der Waals surface area contributed by atoms with Crippen LogP contribution >= 0.6 is 11.6 Å². The summed E-state index contributed by atoms with van der Waals surface area (Å²) in [6, 6.07) is 12.3. The third-order valence-electron chi connectivity index (χ3n) is 3.87. The molecule has 0 bridgehead atoms. The van der Waals surface area contributed by atoms with Crippen molar-refractivity contribution in [2.24, 2.45) is 5.10 Å². The van der Waals surface area contributed by atoms with Crippen molar-refractivity contribution in [1.82, 2.24) is 9.78 Å². The van der Waals surface area contributed by atoms with E-state index >= 15 is 0 Å². The maximum atomic E-state index is 13.0. The van der Waals surface area contributed by atoms with Crippen LogP contribution in [-0.2, 0) is 6.54 Å². The summed E-state index contributed by atoms with van der Waals surface area (Å²) in [6.45, 7) is 2.23. The lowest BCUT2D eigenvalue weighted by Crippen LogP contribution is -2.02. The molecule has 6 nitrogen and oxygen atoms in total. The second kappa shape index (κ2) is 8.01. The fraction of sp³-hybridized carbons (Fsp3) is 0.105. The van der Waals surface area contributed by atoms with Crippen molar-refractivity contribution in [2.75, 3.05) is 5.43 Å². The molecule has 0 spiro atoms. The van der Waals surface area contributed by atoms with Crippen LogP contribution in [0.4, 0.5) is 10.1 Å². The molecule has 1 aromatic heterocycles. The van der Waals surface area contributed by atoms with Crippen LogP contribution < -0.4 is 5.43 Å². The number of benzene rings is 2. The zero-order chi connectivity index (χ0) is 19.4. The number of nitrogens with one attached hydrogen (secondary N) is 1. The first-order chi connectivity index (χ1) is 12.9. The molecule has 2 N–H and O–H groups in total. The van der Waals surface area contributed by atoms with E-state index in [1.165, 1.54) is 24.3 Å². The van der Waals surface area contributed by atoms with Crippen LogP contribution in [0, 0.1) is 12.7 Å². The van der Waals surface area contributed by atoms with Gasteiger partial charge in [-0.2, -0.15) is 10.2 Å². The third kappa shape index (κ3) is 4.51. The topological polar surface area (TPSA) is 79.5 Å². The normalized spacial score (nSPS) is 11.1. The van der Waals surface area contributed by atoms with Crippen LogP contribution in [0.2, 0.25) is 5.15 Å². The molecule has 1 heterocycles. The Morgan fingerprint density at radius 3 is 2.56 bits per heavy atom. The Kier molecular flexibility index (Phi) is 5.52. The zero-order valence-electron chi connectivity index (χ0n) is 14.4. The van der Waals surface area contributed by atoms with Gasteiger partial charge in [0.05, 0.1) is 35.3 Å². The number of aromatic carboxylic acids is 1. The Morgan fingerprint density at radius 2 is 1.93 bits per heavy atom. The maximum Gasteiger partial charge on any atom is 0.335 e. The number of nitrogens with zero attached hydrogens (tertiary/aromatic N) is 3. The van der Waals surface area contributed by atoms with E-state index in [2.05, 4.69) is 15.6 Å². The summed E-state index contributed by atoms with van der Waals surface area (Å²) in [7, 11) is 0. The molecule has 2 aromatic carbocycles. The molecule has 8 heteroatoms. The molecular formula is C19H16ClFN4O2. The lowest BCUT2D eigenvalue weighted by molar-refractivity contribution is 0.0697. The Balaban J connectivity index is 1.71. The SMILES string of the molecule is Cc1nn(Cc2ccc(F)cc2)c(Cl)c1/C=N\Nc1ccc(C(=O)O)cc1. The molecule has 3 rings (SSSR count). The van der Waals surface area contributed by atoms with Crippen molar-refractivity contribution in [1.29, 1.82) is 0 Å². The number of anilines is 1. The smallest absolute Gasteiger partial charge is 0.335 e. The zero-order valence-corrected chi connectivity index (χ0v) is 15.1. The van der Waals surface area contributed by atoms with E-state index in [-0.39, 0.29) is 11.4 Å². The van der Waals surface area contributed by atoms with Gasteiger partial charge in [0.15, 0.2) is 0 Å². The van der Waals surface area contributed by atoms with E-state index in [9.17, 15) is 9.18 Å². The van der Waals surface area contributed by atoms with Crippen molar-refractivity contribution < 1.29 is 14.3 Å². The number of rotatable bonds is 6. The summed E-state index contributed by atoms with van der Waals surface area (Å²) < 4.78 is 14.6. The number of carbonyl (C=O) groups is 1. The number of hydrogen-bond donors (Lipinski definition) is 2. The van der Waals surface area contributed by atoms with Crippen molar-refractivity contribution in [3.63, 3.8) is 0 Å². The largest absolute Gasteiger partial charge is 0.478 e. The predicted octanol–water partition coefficient (Wildman–Crippen LogP) is 4.18. The first kappa shape index (κ1) is 18.6. The first-order valence-electron chi connectivity index (χ1n) is 8.04. The molecule has 0 unspecified atom stereocenters. The molecule has 27 heavy (non-hydrogen) atoms. The van der Waals surface area contributed by atoms with E-state index < -0.39 is 5.97 Å². The number of hydrazone groups is 1. The monoisotopic (exact) mass is 386 g/mol. The number of carboxylic acid groups (broad SMARTS) is 1. The predicted molar refractivity (Wildman–Crippen MR) is 102 cm³/mol. The van der Waals surface area contributed by atoms with Crippen molar-refractivity contribution in [3.8, 4) is 0 Å². The van der Waals surface area contributed by atoms with Crippen LogP contribution in [-0.4, -0.2) is 27.1 Å². The highest BCUT2D eigenvalue weighted by Gasteiger charge is 2.12. The Morgan fingerprint density at radius 1 is 1.26 bits per heavy atom. The summed E-state index contributed by atoms with van der Waals surface area (Å²) >= 11 is 6.39. The number of halogens is 2. The number of aryl methyl sites for hydroxylation is 1. The molecule has 3 aromatic rings. The fourth-order valence-electron chi connectivity index (χ4n) is 2.44. The molecule has 0 saturated heterocycles. The molecule has 0 atom stereocenters. The molecule has 0 aliphatic rings. The van der Waals surface area contributed by atoms with Gasteiger partial charge in [-0.1, -0.05) is 23.7 Å². The van der Waals surface area contributed by atoms with E-state index in [4.69, 9.17) is 16.7 Å². The van der Waals surface area contributed by atoms with E-state index in [0.717, 1.165) is 5.56 Å². The van der Waals surface area contributed by atoms with E-state index in [1.807, 2.05) is 6.92 Å². The van der Waals surface area contributed by atoms with Crippen LogP contribution in [0.5, 0.6) is 0 Å². The second-order valence-electron chi connectivity index (χ2n) is 5.83. The van der Waals surface area contributed by atoms with Crippen molar-refractivity contribution >= 4 is 29.5 Å². The molecule has 138 valence electrons. The number of hydrogen-bond acceptors (Lipinski definition) is 4. The van der Waals surface area contributed by atoms with Gasteiger partial charge in [0.1, 0.15) is 11.0 Å². The van der Waals surface area contributed by atoms with Gasteiger partial charge in [0.25, 0.3) is 0 Å². The van der Waals surface area contributed by atoms with Gasteiger partial charge in [0.2, 0.25) is 0 Å². The number of aromatic nitrogens is 2. The van der Waals surface area contributed by atoms with E-state index in [1.54, 1.807) is 35.2 Å². The van der Waals surface area contributed by atoms with Gasteiger partial charge in [-0.3, -0.25) is 5.43 Å². The van der Waals surface area contributed by atoms with Crippen LogP contribution in [0.25, 0.3) is 0 Å². The Bertz CT molecular complexity index is 982. The Labute approximate surface area is 159 Å². The molecule has 0 aliphatic carbocycles. The molecule has 0 aliphatic heterocycles. The van der Waals surface area contributed by atoms with Gasteiger partial charge in [-0.15, -0.1) is 0 Å². The highest BCUT2D eigenvalue weighted by Crippen LogP contribution is 2.19. The van der Waals surface area contributed by atoms with Crippen LogP contribution in [0.3, 0.4) is 0 Å². The average Bonchev–Trinajstić information content (AvgIpc) is 2.91. The van der Waals surface area contributed by atoms with Crippen LogP contribution in [0.1, 0.15) is 27.2 Å². The second-order valence-corrected chi connectivity index (χ2v) is 6.18. The fourth-order valence-corrected chi connectivity index (χ4v) is 2.72. The molecule has 0 radical (unpaired) electrons. The average molecular weight is 387 g/mol. The van der Waals surface area contributed by atoms with E-state index in [0.29, 0.717) is 28.6 Å². The van der Waals surface area contributed by atoms with Gasteiger partial charge < -0.3 is 5.11 Å². The van der Waals surface area contributed by atoms with Gasteiger partial charge in [-0.25, -0.2) is 13.9 Å². The Hall–Kier alpha value is -3.19. The summed E-state index contributed by atoms with van der Waals surface area (Å²) in [5, 5.41) is 17.8. The van der Waals surface area contributed by atoms with Gasteiger partial charge in [0, 0.05) is 0 Å². The molecule has 0 fully saturated rings. The lowest BCUT2D eigenvalue weighted by atomic mass is 10.2. The summed E-state index contributed by atoms with van der Waals surface area (Å²) in [6.07, 6.45) is 1.55. The molecule has 0 amide bonds. The minimum atomic E-state index is -0.985. The highest BCUT2D eigenvalue weighted by molar-refractivity contribution is 6.32. The standard InChI is InChI=1S/C19H16ClFN4O2/c1-12-17(10-22-23-16-8-4-14(5-9-16)19(26)27)18(20)25(24-12)11-13-2-6-15(21)7-3-13/h2-10,23H,11H2,1H3,(H,26,27)/b22-10-. The minimum absolute atomic E-state index is 0.200. The summed E-state index contributed by atoms with van der Waals surface area (Å²) in [4.78, 5) is 10.8. The minimum Gasteiger partial charge on any atom is -0.478 e. The third-order valence-corrected chi connectivity index (χ3v) is 4.27. The first-order valence-corrected chi connectivity index (χ1v) is 8.41. The number of carboxylic acids is 1. The molecular weight excluding hydrogens is 371 g/mol. The van der Waals surface area contributed by atoms with Crippen molar-refractivity contribution in [3.05, 3.63) is 81.9 Å².